The first-order chi connectivity index (χ1) is 16.8. The number of hydrogen-bond acceptors (Lipinski definition) is 6. The fraction of sp³-hybridized carbons (Fsp3) is 0.577. The minimum Gasteiger partial charge on any atom is -0.366 e. The van der Waals surface area contributed by atoms with Crippen LogP contribution in [0.1, 0.15) is 79.0 Å². The van der Waals surface area contributed by atoms with Gasteiger partial charge in [0.25, 0.3) is 5.69 Å². The van der Waals surface area contributed by atoms with E-state index in [0.717, 1.165) is 18.7 Å². The van der Waals surface area contributed by atoms with Gasteiger partial charge >= 0.3 is 0 Å². The Morgan fingerprint density at radius 3 is 2.58 bits per heavy atom. The van der Waals surface area contributed by atoms with Crippen LogP contribution in [0.3, 0.4) is 0 Å². The summed E-state index contributed by atoms with van der Waals surface area (Å²) in [7, 11) is 2.48. The number of rotatable bonds is 7. The predicted molar refractivity (Wildman–Crippen MR) is 150 cm³/mol. The van der Waals surface area contributed by atoms with E-state index in [9.17, 15) is 4.79 Å². The number of nitrogens with zero attached hydrogens (tertiary/aromatic N) is 6. The van der Waals surface area contributed by atoms with Crippen molar-refractivity contribution >= 4 is 43.9 Å². The van der Waals surface area contributed by atoms with Gasteiger partial charge in [0.15, 0.2) is 5.82 Å². The van der Waals surface area contributed by atoms with Crippen molar-refractivity contribution in [2.75, 3.05) is 23.3 Å². The first-order valence-corrected chi connectivity index (χ1v) is 13.0. The Balaban J connectivity index is 2.18. The maximum atomic E-state index is 12.1. The maximum absolute atomic E-state index is 12.1. The van der Waals surface area contributed by atoms with E-state index in [0.29, 0.717) is 47.6 Å². The van der Waals surface area contributed by atoms with Crippen molar-refractivity contribution in [2.24, 2.45) is 10.2 Å². The molecule has 1 amide bonds. The van der Waals surface area contributed by atoms with E-state index < -0.39 is 0 Å². The topological polar surface area (TPSA) is 91.3 Å². The van der Waals surface area contributed by atoms with Gasteiger partial charge in [-0.1, -0.05) is 37.1 Å². The molecule has 1 aliphatic rings. The van der Waals surface area contributed by atoms with Crippen LogP contribution in [0, 0.1) is 6.57 Å². The van der Waals surface area contributed by atoms with Crippen LogP contribution in [0.2, 0.25) is 0 Å². The smallest absolute Gasteiger partial charge is 0.255 e. The molecule has 2 N–H and O–H groups in total. The molecule has 0 spiro atoms. The van der Waals surface area contributed by atoms with Gasteiger partial charge in [-0.3, -0.25) is 14.6 Å². The zero-order valence-corrected chi connectivity index (χ0v) is 23.9. The van der Waals surface area contributed by atoms with Crippen LogP contribution in [-0.2, 0) is 16.8 Å². The average molecular weight is 511 g/mol. The lowest BCUT2D eigenvalue weighted by Gasteiger charge is -2.47. The van der Waals surface area contributed by atoms with Crippen molar-refractivity contribution in [2.45, 2.75) is 85.2 Å². The highest BCUT2D eigenvalue weighted by atomic mass is 31.0. The third-order valence-electron chi connectivity index (χ3n) is 6.57. The van der Waals surface area contributed by atoms with Crippen LogP contribution in [0.25, 0.3) is 4.85 Å². The van der Waals surface area contributed by atoms with E-state index in [1.165, 1.54) is 12.5 Å². The molecule has 0 bridgehead atoms. The number of aromatic nitrogens is 2. The second-order valence-corrected chi connectivity index (χ2v) is 11.4. The molecule has 9 nitrogen and oxygen atoms in total. The molecule has 0 saturated carbocycles. The number of benzene rings is 1. The SMILES string of the molecule is [C-]#[N+]c1c(C(C)(C)C)nn(CCNP)c1N=Nc1cc2c(cc1NC(C)=O)N(CC)C(C)(C)CC2C. The summed E-state index contributed by atoms with van der Waals surface area (Å²) in [6.45, 7) is 26.3. The van der Waals surface area contributed by atoms with E-state index >= 15 is 0 Å². The highest BCUT2D eigenvalue weighted by Crippen LogP contribution is 2.47. The van der Waals surface area contributed by atoms with Gasteiger partial charge in [-0.15, -0.1) is 10.2 Å². The Hall–Kier alpha value is -2.82. The van der Waals surface area contributed by atoms with Crippen LogP contribution >= 0.6 is 9.39 Å². The van der Waals surface area contributed by atoms with Gasteiger partial charge < -0.3 is 10.2 Å². The number of nitrogens with one attached hydrogen (secondary N) is 2. The molecule has 0 aliphatic carbocycles. The Labute approximate surface area is 217 Å². The summed E-state index contributed by atoms with van der Waals surface area (Å²) in [4.78, 5) is 18.2. The van der Waals surface area contributed by atoms with Crippen LogP contribution in [0.15, 0.2) is 22.4 Å². The summed E-state index contributed by atoms with van der Waals surface area (Å²) in [5.74, 6) is 0.570. The molecule has 3 rings (SSSR count). The van der Waals surface area contributed by atoms with Crippen LogP contribution in [0.5, 0.6) is 0 Å². The predicted octanol–water partition coefficient (Wildman–Crippen LogP) is 6.60. The second kappa shape index (κ2) is 10.7. The number of hydrogen-bond donors (Lipinski definition) is 2. The van der Waals surface area contributed by atoms with E-state index in [2.05, 4.69) is 67.5 Å². The summed E-state index contributed by atoms with van der Waals surface area (Å²) in [5, 5.41) is 19.8. The van der Waals surface area contributed by atoms with Gasteiger partial charge in [-0.2, -0.15) is 5.10 Å². The van der Waals surface area contributed by atoms with Gasteiger partial charge in [0.1, 0.15) is 5.69 Å². The Bertz CT molecular complexity index is 1200. The molecule has 36 heavy (non-hydrogen) atoms. The minimum absolute atomic E-state index is 0.00365. The highest BCUT2D eigenvalue weighted by Gasteiger charge is 2.36. The molecule has 0 fully saturated rings. The Morgan fingerprint density at radius 2 is 2.03 bits per heavy atom. The number of azo groups is 1. The van der Waals surface area contributed by atoms with Gasteiger partial charge in [0, 0.05) is 31.2 Å². The van der Waals surface area contributed by atoms with E-state index in [-0.39, 0.29) is 16.9 Å². The number of fused-ring (bicyclic) bond motifs is 1. The van der Waals surface area contributed by atoms with Crippen molar-refractivity contribution in [3.05, 3.63) is 34.8 Å². The molecular formula is C26H39N8OP. The average Bonchev–Trinajstić information content (AvgIpc) is 3.13. The van der Waals surface area contributed by atoms with E-state index in [1.54, 1.807) is 4.68 Å². The molecule has 2 atom stereocenters. The zero-order chi connectivity index (χ0) is 26.8. The molecule has 194 valence electrons. The lowest BCUT2D eigenvalue weighted by atomic mass is 9.79. The van der Waals surface area contributed by atoms with Crippen molar-refractivity contribution in [3.63, 3.8) is 0 Å². The number of anilines is 2. The zero-order valence-electron chi connectivity index (χ0n) is 22.7. The molecular weight excluding hydrogens is 471 g/mol. The Morgan fingerprint density at radius 1 is 1.33 bits per heavy atom. The van der Waals surface area contributed by atoms with Gasteiger partial charge in [-0.25, -0.2) is 4.85 Å². The molecule has 1 aromatic carbocycles. The number of carbonyl (C=O) groups excluding carboxylic acids is 1. The molecule has 0 saturated heterocycles. The summed E-state index contributed by atoms with van der Waals surface area (Å²) in [6, 6.07) is 4.04. The van der Waals surface area contributed by atoms with Crippen molar-refractivity contribution < 1.29 is 4.79 Å². The standard InChI is InChI=1S/C26H39N8OP/c1-10-33-21-14-19(29-17(3)35)20(13-18(21)16(2)15-26(33,7)8)30-31-24-22(27-9)23(25(4,5)6)32-34(24)12-11-28-36/h13-14,16,28H,10-12,15,36H2,1-8H3,(H,29,35). The number of carbonyl (C=O) groups is 1. The monoisotopic (exact) mass is 510 g/mol. The van der Waals surface area contributed by atoms with Crippen molar-refractivity contribution in [1.82, 2.24) is 14.9 Å². The molecule has 1 aliphatic heterocycles. The molecule has 2 unspecified atom stereocenters. The van der Waals surface area contributed by atoms with Gasteiger partial charge in [0.2, 0.25) is 5.91 Å². The van der Waals surface area contributed by atoms with Gasteiger partial charge in [-0.05, 0) is 56.2 Å². The van der Waals surface area contributed by atoms with Crippen molar-refractivity contribution in [1.29, 1.82) is 0 Å². The first kappa shape index (κ1) is 27.8. The van der Waals surface area contributed by atoms with Gasteiger partial charge in [0.05, 0.1) is 24.5 Å². The third-order valence-corrected chi connectivity index (χ3v) is 6.86. The molecule has 10 heteroatoms. The summed E-state index contributed by atoms with van der Waals surface area (Å²) in [5.41, 5.74) is 4.24. The second-order valence-electron chi connectivity index (χ2n) is 11.0. The van der Waals surface area contributed by atoms with Crippen LogP contribution < -0.4 is 15.3 Å². The quantitative estimate of drug-likeness (QED) is 0.249. The number of amides is 1. The summed E-state index contributed by atoms with van der Waals surface area (Å²) < 4.78 is 1.73. The van der Waals surface area contributed by atoms with E-state index in [1.807, 2.05) is 32.9 Å². The van der Waals surface area contributed by atoms with Crippen LogP contribution in [0.4, 0.5) is 28.6 Å². The minimum atomic E-state index is -0.317. The molecule has 2 aromatic rings. The third kappa shape index (κ3) is 5.61. The fourth-order valence-corrected chi connectivity index (χ4v) is 5.20. The largest absolute Gasteiger partial charge is 0.366 e. The first-order valence-electron chi connectivity index (χ1n) is 12.4. The van der Waals surface area contributed by atoms with E-state index in [4.69, 9.17) is 11.7 Å². The molecule has 1 aromatic heterocycles. The summed E-state index contributed by atoms with van der Waals surface area (Å²) in [6.07, 6.45) is 1.01. The molecule has 2 heterocycles. The normalized spacial score (nSPS) is 17.2. The summed E-state index contributed by atoms with van der Waals surface area (Å²) >= 11 is 0. The Kier molecular flexibility index (Phi) is 8.22. The van der Waals surface area contributed by atoms with Crippen molar-refractivity contribution in [3.8, 4) is 0 Å². The lowest BCUT2D eigenvalue weighted by molar-refractivity contribution is -0.114. The molecule has 0 radical (unpaired) electrons. The lowest BCUT2D eigenvalue weighted by Crippen LogP contribution is -2.48. The highest BCUT2D eigenvalue weighted by molar-refractivity contribution is 7.13. The fourth-order valence-electron chi connectivity index (χ4n) is 5.07. The maximum Gasteiger partial charge on any atom is 0.255 e. The van der Waals surface area contributed by atoms with Crippen LogP contribution in [-0.4, -0.2) is 34.3 Å².